The van der Waals surface area contributed by atoms with Crippen LogP contribution in [0.15, 0.2) is 48.5 Å². The van der Waals surface area contributed by atoms with Gasteiger partial charge >= 0.3 is 24.1 Å². The van der Waals surface area contributed by atoms with Crippen LogP contribution in [0.5, 0.6) is 0 Å². The van der Waals surface area contributed by atoms with Crippen molar-refractivity contribution in [3.05, 3.63) is 59.7 Å². The minimum absolute atomic E-state index is 0.0594. The smallest absolute Gasteiger partial charge is 0.419 e. The highest BCUT2D eigenvalue weighted by Crippen LogP contribution is 2.44. The molecule has 4 N–H and O–H groups in total. The predicted octanol–water partition coefficient (Wildman–Crippen LogP) is 3.32. The van der Waals surface area contributed by atoms with Crippen LogP contribution in [0.4, 0.5) is 9.59 Å². The van der Waals surface area contributed by atoms with E-state index in [9.17, 15) is 19.2 Å². The Morgan fingerprint density at radius 1 is 0.825 bits per heavy atom. The van der Waals surface area contributed by atoms with Crippen molar-refractivity contribution in [3.63, 3.8) is 0 Å². The standard InChI is InChI=1S/C29H37N3O8/c1-17(30)25(33)37-15-19(39-26(34)18(2)31)14-32(28(36)40-29(3,4)5)27(35)38-16-24-22-12-8-6-10-20(22)21-11-7-9-13-23(21)24/h6-13,17-19,24H,14-16,30-31H2,1-5H3/t17-,18-,19?/m0/s1. The molecule has 0 bridgehead atoms. The van der Waals surface area contributed by atoms with Gasteiger partial charge in [0, 0.05) is 5.92 Å². The quantitative estimate of drug-likeness (QED) is 0.347. The van der Waals surface area contributed by atoms with Gasteiger partial charge in [-0.2, -0.15) is 0 Å². The van der Waals surface area contributed by atoms with E-state index in [1.54, 1.807) is 20.8 Å². The average molecular weight is 556 g/mol. The third-order valence-corrected chi connectivity index (χ3v) is 5.99. The maximum absolute atomic E-state index is 13.4. The molecule has 3 atom stereocenters. The van der Waals surface area contributed by atoms with E-state index in [0.29, 0.717) is 4.90 Å². The lowest BCUT2D eigenvalue weighted by Gasteiger charge is -2.29. The summed E-state index contributed by atoms with van der Waals surface area (Å²) in [5.74, 6) is -1.83. The van der Waals surface area contributed by atoms with Crippen LogP contribution in [0, 0.1) is 0 Å². The Bertz CT molecular complexity index is 1190. The van der Waals surface area contributed by atoms with Crippen molar-refractivity contribution < 1.29 is 38.1 Å². The van der Waals surface area contributed by atoms with E-state index in [4.69, 9.17) is 30.4 Å². The summed E-state index contributed by atoms with van der Waals surface area (Å²) >= 11 is 0. The molecule has 0 saturated heterocycles. The molecule has 0 heterocycles. The van der Waals surface area contributed by atoms with Crippen molar-refractivity contribution in [2.24, 2.45) is 11.5 Å². The first-order chi connectivity index (χ1) is 18.8. The van der Waals surface area contributed by atoms with Gasteiger partial charge in [-0.1, -0.05) is 48.5 Å². The minimum atomic E-state index is -1.26. The maximum atomic E-state index is 13.4. The highest BCUT2D eigenvalue weighted by Gasteiger charge is 2.35. The van der Waals surface area contributed by atoms with Gasteiger partial charge in [-0.3, -0.25) is 9.59 Å². The number of esters is 2. The zero-order valence-electron chi connectivity index (χ0n) is 23.4. The molecule has 1 aliphatic rings. The Balaban J connectivity index is 1.83. The number of amides is 2. The van der Waals surface area contributed by atoms with Gasteiger partial charge in [-0.15, -0.1) is 0 Å². The summed E-state index contributed by atoms with van der Waals surface area (Å²) in [5.41, 5.74) is 14.3. The van der Waals surface area contributed by atoms with Gasteiger partial charge in [-0.25, -0.2) is 14.5 Å². The number of hydrogen-bond donors (Lipinski definition) is 2. The van der Waals surface area contributed by atoms with Crippen LogP contribution in [0.25, 0.3) is 11.1 Å². The lowest BCUT2D eigenvalue weighted by atomic mass is 9.98. The molecule has 0 saturated carbocycles. The summed E-state index contributed by atoms with van der Waals surface area (Å²) < 4.78 is 21.5. The molecule has 0 radical (unpaired) electrons. The van der Waals surface area contributed by atoms with Crippen molar-refractivity contribution in [3.8, 4) is 11.1 Å². The van der Waals surface area contributed by atoms with Crippen molar-refractivity contribution >= 4 is 24.1 Å². The molecule has 0 spiro atoms. The van der Waals surface area contributed by atoms with E-state index in [0.717, 1.165) is 22.3 Å². The second-order valence-corrected chi connectivity index (χ2v) is 10.7. The molecular formula is C29H37N3O8. The van der Waals surface area contributed by atoms with Crippen LogP contribution >= 0.6 is 0 Å². The second-order valence-electron chi connectivity index (χ2n) is 10.7. The highest BCUT2D eigenvalue weighted by molar-refractivity contribution is 5.88. The first kappa shape index (κ1) is 30.6. The van der Waals surface area contributed by atoms with Crippen LogP contribution in [-0.4, -0.2) is 72.6 Å². The molecule has 1 aliphatic carbocycles. The summed E-state index contributed by atoms with van der Waals surface area (Å²) in [6.45, 7) is 6.69. The number of carbonyl (C=O) groups is 4. The third-order valence-electron chi connectivity index (χ3n) is 5.99. The zero-order valence-corrected chi connectivity index (χ0v) is 23.4. The monoisotopic (exact) mass is 555 g/mol. The summed E-state index contributed by atoms with van der Waals surface area (Å²) in [6, 6.07) is 13.7. The molecule has 0 aliphatic heterocycles. The maximum Gasteiger partial charge on any atom is 0.419 e. The number of fused-ring (bicyclic) bond motifs is 3. The van der Waals surface area contributed by atoms with Crippen molar-refractivity contribution in [2.75, 3.05) is 19.8 Å². The number of nitrogens with zero attached hydrogens (tertiary/aromatic N) is 1. The minimum Gasteiger partial charge on any atom is -0.461 e. The number of carbonyl (C=O) groups excluding carboxylic acids is 4. The number of benzene rings is 2. The van der Waals surface area contributed by atoms with Gasteiger partial charge in [0.15, 0.2) is 6.10 Å². The summed E-state index contributed by atoms with van der Waals surface area (Å²) in [7, 11) is 0. The Labute approximate surface area is 233 Å². The van der Waals surface area contributed by atoms with Crippen LogP contribution in [0.1, 0.15) is 51.7 Å². The molecule has 216 valence electrons. The van der Waals surface area contributed by atoms with Gasteiger partial charge in [-0.05, 0) is 56.9 Å². The van der Waals surface area contributed by atoms with E-state index < -0.39 is 61.1 Å². The lowest BCUT2D eigenvalue weighted by Crippen LogP contribution is -2.48. The largest absolute Gasteiger partial charge is 0.461 e. The first-order valence-electron chi connectivity index (χ1n) is 13.0. The van der Waals surface area contributed by atoms with Crippen molar-refractivity contribution in [1.82, 2.24) is 4.90 Å². The van der Waals surface area contributed by atoms with Gasteiger partial charge in [0.05, 0.1) is 6.54 Å². The van der Waals surface area contributed by atoms with Crippen LogP contribution in [0.2, 0.25) is 0 Å². The van der Waals surface area contributed by atoms with Gasteiger partial charge in [0.2, 0.25) is 0 Å². The Hall–Kier alpha value is -3.96. The highest BCUT2D eigenvalue weighted by atomic mass is 16.6. The molecule has 11 nitrogen and oxygen atoms in total. The van der Waals surface area contributed by atoms with E-state index >= 15 is 0 Å². The first-order valence-corrected chi connectivity index (χ1v) is 13.0. The average Bonchev–Trinajstić information content (AvgIpc) is 3.20. The molecule has 3 rings (SSSR count). The Morgan fingerprint density at radius 3 is 1.85 bits per heavy atom. The van der Waals surface area contributed by atoms with Crippen LogP contribution < -0.4 is 11.5 Å². The van der Waals surface area contributed by atoms with Crippen LogP contribution in [-0.2, 0) is 28.5 Å². The van der Waals surface area contributed by atoms with Crippen molar-refractivity contribution in [2.45, 2.75) is 64.3 Å². The van der Waals surface area contributed by atoms with Crippen molar-refractivity contribution in [1.29, 1.82) is 0 Å². The lowest BCUT2D eigenvalue weighted by molar-refractivity contribution is -0.161. The molecule has 40 heavy (non-hydrogen) atoms. The van der Waals surface area contributed by atoms with Crippen LogP contribution in [0.3, 0.4) is 0 Å². The summed E-state index contributed by atoms with van der Waals surface area (Å²) in [5, 5.41) is 0. The van der Waals surface area contributed by atoms with E-state index in [1.165, 1.54) is 13.8 Å². The van der Waals surface area contributed by atoms with E-state index in [-0.39, 0.29) is 12.5 Å². The normalized spacial score (nSPS) is 14.7. The fourth-order valence-corrected chi connectivity index (χ4v) is 4.12. The number of ether oxygens (including phenoxy) is 4. The summed E-state index contributed by atoms with van der Waals surface area (Å²) in [6.07, 6.45) is -3.30. The summed E-state index contributed by atoms with van der Waals surface area (Å²) in [4.78, 5) is 51.3. The molecule has 2 aromatic carbocycles. The molecule has 0 fully saturated rings. The SMILES string of the molecule is C[C@H](N)C(=O)OCC(CN(C(=O)OCC1c2ccccc2-c2ccccc21)C(=O)OC(C)(C)C)OC(=O)[C@H](C)N. The van der Waals surface area contributed by atoms with Gasteiger partial charge in [0.1, 0.15) is 30.9 Å². The zero-order chi connectivity index (χ0) is 29.6. The third kappa shape index (κ3) is 7.80. The van der Waals surface area contributed by atoms with Gasteiger partial charge in [0.25, 0.3) is 0 Å². The molecular weight excluding hydrogens is 518 g/mol. The number of hydrogen-bond acceptors (Lipinski definition) is 10. The number of rotatable bonds is 9. The Kier molecular flexibility index (Phi) is 9.88. The van der Waals surface area contributed by atoms with Gasteiger partial charge < -0.3 is 30.4 Å². The molecule has 2 aromatic rings. The molecule has 2 amide bonds. The second kappa shape index (κ2) is 12.9. The predicted molar refractivity (Wildman–Crippen MR) is 146 cm³/mol. The number of nitrogens with two attached hydrogens (primary N) is 2. The fraction of sp³-hybridized carbons (Fsp3) is 0.448. The fourth-order valence-electron chi connectivity index (χ4n) is 4.12. The Morgan fingerprint density at radius 2 is 1.35 bits per heavy atom. The molecule has 1 unspecified atom stereocenters. The van der Waals surface area contributed by atoms with E-state index in [2.05, 4.69) is 0 Å². The molecule has 11 heteroatoms. The number of imide groups is 1. The topological polar surface area (TPSA) is 160 Å². The van der Waals surface area contributed by atoms with E-state index in [1.807, 2.05) is 48.5 Å². The molecule has 0 aromatic heterocycles.